The molecule has 0 aliphatic rings. The van der Waals surface area contributed by atoms with Crippen LogP contribution >= 0.6 is 11.8 Å². The molecule has 0 N–H and O–H groups in total. The fourth-order valence-corrected chi connectivity index (χ4v) is 3.27. The molecule has 0 bridgehead atoms. The molecule has 122 valence electrons. The molecule has 0 fully saturated rings. The normalized spacial score (nSPS) is 10.7. The van der Waals surface area contributed by atoms with Crippen LogP contribution < -0.4 is 0 Å². The van der Waals surface area contributed by atoms with E-state index in [1.807, 2.05) is 29.0 Å². The molecule has 2 aromatic heterocycles. The molecule has 0 saturated carbocycles. The Morgan fingerprint density at radius 2 is 1.68 bits per heavy atom. The van der Waals surface area contributed by atoms with Gasteiger partial charge in [0.1, 0.15) is 5.03 Å². The van der Waals surface area contributed by atoms with Gasteiger partial charge in [-0.15, -0.1) is 10.2 Å². The maximum Gasteiger partial charge on any atom is 0.119 e. The molecule has 0 atom stereocenters. The minimum absolute atomic E-state index is 0.876. The zero-order chi connectivity index (χ0) is 16.9. The van der Waals surface area contributed by atoms with E-state index in [0.29, 0.717) is 0 Å². The van der Waals surface area contributed by atoms with Crippen molar-refractivity contribution in [1.29, 1.82) is 0 Å². The predicted octanol–water partition coefficient (Wildman–Crippen LogP) is 4.62. The first-order valence-corrected chi connectivity index (χ1v) is 8.96. The Morgan fingerprint density at radius 1 is 0.840 bits per heavy atom. The van der Waals surface area contributed by atoms with Gasteiger partial charge in [-0.25, -0.2) is 4.98 Å². The number of hydrogen-bond acceptors (Lipinski definition) is 4. The van der Waals surface area contributed by atoms with Crippen molar-refractivity contribution in [3.63, 3.8) is 0 Å². The molecule has 0 saturated heterocycles. The van der Waals surface area contributed by atoms with Gasteiger partial charge in [-0.3, -0.25) is 0 Å². The minimum Gasteiger partial charge on any atom is -0.306 e. The average molecular weight is 344 g/mol. The van der Waals surface area contributed by atoms with Gasteiger partial charge in [0.2, 0.25) is 0 Å². The Kier molecular flexibility index (Phi) is 4.57. The van der Waals surface area contributed by atoms with E-state index in [9.17, 15) is 0 Å². The van der Waals surface area contributed by atoms with Crippen LogP contribution in [-0.4, -0.2) is 19.7 Å². The van der Waals surface area contributed by atoms with Crippen molar-refractivity contribution in [3.05, 3.63) is 91.0 Å². The van der Waals surface area contributed by atoms with Crippen LogP contribution in [0.2, 0.25) is 0 Å². The van der Waals surface area contributed by atoms with E-state index < -0.39 is 0 Å². The van der Waals surface area contributed by atoms with Crippen molar-refractivity contribution in [2.75, 3.05) is 0 Å². The standard InChI is InChI=1S/C20H16N4S/c1-2-4-16(5-3-1)14-25-20-11-10-19(22-23-20)17-6-8-18(9-7-17)24-13-12-21-15-24/h1-13,15H,14H2. The fourth-order valence-electron chi connectivity index (χ4n) is 2.50. The summed E-state index contributed by atoms with van der Waals surface area (Å²) in [5, 5.41) is 9.64. The van der Waals surface area contributed by atoms with Crippen LogP contribution in [0.4, 0.5) is 0 Å². The number of hydrogen-bond donors (Lipinski definition) is 0. The SMILES string of the molecule is c1ccc(CSc2ccc(-c3ccc(-n4ccnc4)cc3)nn2)cc1. The molecule has 0 amide bonds. The monoisotopic (exact) mass is 344 g/mol. The second-order valence-electron chi connectivity index (χ2n) is 5.55. The molecule has 5 heteroatoms. The van der Waals surface area contributed by atoms with Crippen LogP contribution in [-0.2, 0) is 5.75 Å². The maximum atomic E-state index is 4.36. The highest BCUT2D eigenvalue weighted by molar-refractivity contribution is 7.98. The van der Waals surface area contributed by atoms with Crippen LogP contribution in [0.3, 0.4) is 0 Å². The van der Waals surface area contributed by atoms with Gasteiger partial charge in [0.05, 0.1) is 12.0 Å². The molecule has 2 aromatic carbocycles. The Labute approximate surface area is 150 Å². The number of thioether (sulfide) groups is 1. The van der Waals surface area contributed by atoms with E-state index in [2.05, 4.69) is 63.7 Å². The first-order chi connectivity index (χ1) is 12.4. The zero-order valence-electron chi connectivity index (χ0n) is 13.5. The molecule has 2 heterocycles. The molecule has 0 unspecified atom stereocenters. The quantitative estimate of drug-likeness (QED) is 0.495. The zero-order valence-corrected chi connectivity index (χ0v) is 14.3. The van der Waals surface area contributed by atoms with Gasteiger partial charge in [-0.2, -0.15) is 0 Å². The fraction of sp³-hybridized carbons (Fsp3) is 0.0500. The molecule has 25 heavy (non-hydrogen) atoms. The lowest BCUT2D eigenvalue weighted by atomic mass is 10.1. The van der Waals surface area contributed by atoms with Crippen LogP contribution in [0.25, 0.3) is 16.9 Å². The molecular formula is C20H16N4S. The number of rotatable bonds is 5. The summed E-state index contributed by atoms with van der Waals surface area (Å²) in [5.74, 6) is 0.897. The van der Waals surface area contributed by atoms with Crippen molar-refractivity contribution in [3.8, 4) is 16.9 Å². The lowest BCUT2D eigenvalue weighted by molar-refractivity contribution is 0.935. The van der Waals surface area contributed by atoms with E-state index in [-0.39, 0.29) is 0 Å². The van der Waals surface area contributed by atoms with Crippen LogP contribution in [0.1, 0.15) is 5.56 Å². The van der Waals surface area contributed by atoms with Crippen molar-refractivity contribution >= 4 is 11.8 Å². The van der Waals surface area contributed by atoms with Gasteiger partial charge in [0, 0.05) is 29.4 Å². The molecular weight excluding hydrogens is 328 g/mol. The van der Waals surface area contributed by atoms with Gasteiger partial charge < -0.3 is 4.57 Å². The molecule has 0 radical (unpaired) electrons. The molecule has 0 aliphatic carbocycles. The van der Waals surface area contributed by atoms with Gasteiger partial charge in [-0.1, -0.05) is 54.2 Å². The highest BCUT2D eigenvalue weighted by atomic mass is 32.2. The molecule has 4 aromatic rings. The number of benzene rings is 2. The summed E-state index contributed by atoms with van der Waals surface area (Å²) in [7, 11) is 0. The summed E-state index contributed by atoms with van der Waals surface area (Å²) in [6, 6.07) is 22.6. The first kappa shape index (κ1) is 15.6. The summed E-state index contributed by atoms with van der Waals surface area (Å²) >= 11 is 1.69. The second kappa shape index (κ2) is 7.32. The highest BCUT2D eigenvalue weighted by Gasteiger charge is 2.03. The number of nitrogens with zero attached hydrogens (tertiary/aromatic N) is 4. The lowest BCUT2D eigenvalue weighted by Gasteiger charge is -2.05. The van der Waals surface area contributed by atoms with E-state index in [1.54, 1.807) is 24.3 Å². The van der Waals surface area contributed by atoms with Crippen molar-refractivity contribution in [1.82, 2.24) is 19.7 Å². The van der Waals surface area contributed by atoms with E-state index in [4.69, 9.17) is 0 Å². The third kappa shape index (κ3) is 3.78. The van der Waals surface area contributed by atoms with E-state index in [1.165, 1.54) is 5.56 Å². The largest absolute Gasteiger partial charge is 0.306 e. The van der Waals surface area contributed by atoms with Crippen LogP contribution in [0.5, 0.6) is 0 Å². The summed E-state index contributed by atoms with van der Waals surface area (Å²) < 4.78 is 1.97. The van der Waals surface area contributed by atoms with Gasteiger partial charge in [0.15, 0.2) is 0 Å². The molecule has 4 nitrogen and oxygen atoms in total. The Hall–Kier alpha value is -2.92. The topological polar surface area (TPSA) is 43.6 Å². The first-order valence-electron chi connectivity index (χ1n) is 7.98. The van der Waals surface area contributed by atoms with Crippen LogP contribution in [0, 0.1) is 0 Å². The summed E-state index contributed by atoms with van der Waals surface area (Å²) in [5.41, 5.74) is 4.29. The van der Waals surface area contributed by atoms with Gasteiger partial charge in [-0.05, 0) is 29.8 Å². The highest BCUT2D eigenvalue weighted by Crippen LogP contribution is 2.23. The van der Waals surface area contributed by atoms with E-state index >= 15 is 0 Å². The summed E-state index contributed by atoms with van der Waals surface area (Å²) in [4.78, 5) is 4.07. The van der Waals surface area contributed by atoms with Crippen LogP contribution in [0.15, 0.2) is 90.5 Å². The molecule has 4 rings (SSSR count). The third-order valence-corrected chi connectivity index (χ3v) is 4.83. The molecule has 0 spiro atoms. The van der Waals surface area contributed by atoms with Crippen molar-refractivity contribution in [2.45, 2.75) is 10.8 Å². The van der Waals surface area contributed by atoms with Crippen molar-refractivity contribution in [2.24, 2.45) is 0 Å². The third-order valence-electron chi connectivity index (χ3n) is 3.84. The Balaban J connectivity index is 1.44. The number of aromatic nitrogens is 4. The average Bonchev–Trinajstić information content (AvgIpc) is 3.23. The van der Waals surface area contributed by atoms with Gasteiger partial charge in [0.25, 0.3) is 0 Å². The lowest BCUT2D eigenvalue weighted by Crippen LogP contribution is -1.92. The Bertz CT molecular complexity index is 918. The smallest absolute Gasteiger partial charge is 0.119 e. The summed E-state index contributed by atoms with van der Waals surface area (Å²) in [6.07, 6.45) is 5.48. The van der Waals surface area contributed by atoms with E-state index in [0.717, 1.165) is 27.7 Å². The summed E-state index contributed by atoms with van der Waals surface area (Å²) in [6.45, 7) is 0. The maximum absolute atomic E-state index is 4.36. The number of imidazole rings is 1. The second-order valence-corrected chi connectivity index (χ2v) is 6.54. The minimum atomic E-state index is 0.876. The molecule has 0 aliphatic heterocycles. The van der Waals surface area contributed by atoms with Gasteiger partial charge >= 0.3 is 0 Å². The Morgan fingerprint density at radius 3 is 2.36 bits per heavy atom. The predicted molar refractivity (Wildman–Crippen MR) is 101 cm³/mol. The van der Waals surface area contributed by atoms with Crippen molar-refractivity contribution < 1.29 is 0 Å².